The molecule has 0 radical (unpaired) electrons. The molecule has 8 unspecified atom stereocenters. The predicted octanol–water partition coefficient (Wildman–Crippen LogP) is 8.93. The van der Waals surface area contributed by atoms with E-state index in [1.807, 2.05) is 27.7 Å². The van der Waals surface area contributed by atoms with Crippen LogP contribution >= 0.6 is 0 Å². The van der Waals surface area contributed by atoms with Crippen molar-refractivity contribution in [3.05, 3.63) is 127 Å². The molecule has 8 atom stereocenters. The van der Waals surface area contributed by atoms with Crippen LogP contribution in [0.15, 0.2) is 127 Å². The molecule has 39 heteroatoms. The summed E-state index contributed by atoms with van der Waals surface area (Å²) in [5, 5.41) is 11.6. The van der Waals surface area contributed by atoms with E-state index in [0.29, 0.717) is 32.1 Å². The van der Waals surface area contributed by atoms with Gasteiger partial charge in [-0.15, -0.1) is 0 Å². The number of alkyl carbamates (subject to hydrolysis) is 4. The molecule has 2 aliphatic rings. The monoisotopic (exact) mass is 1840 g/mol. The van der Waals surface area contributed by atoms with Crippen molar-refractivity contribution in [3.63, 3.8) is 0 Å². The van der Waals surface area contributed by atoms with Crippen LogP contribution in [0.25, 0.3) is 0 Å². The van der Waals surface area contributed by atoms with Crippen molar-refractivity contribution in [3.8, 4) is 0 Å². The topological polar surface area (TPSA) is 489 Å². The summed E-state index contributed by atoms with van der Waals surface area (Å²) in [7, 11) is 0. The van der Waals surface area contributed by atoms with Crippen LogP contribution in [0.2, 0.25) is 0 Å². The number of amides is 4. The molecule has 130 heavy (non-hydrogen) atoms. The van der Waals surface area contributed by atoms with Crippen LogP contribution in [0, 0.1) is 32.5 Å². The maximum atomic E-state index is 14.1. The first-order valence-corrected chi connectivity index (χ1v) is 41.7. The Kier molecular flexibility index (Phi) is 47.7. The molecule has 0 bridgehead atoms. The Bertz CT molecular complexity index is 3810. The number of hydrogen-bond donors (Lipinski definition) is 4. The predicted molar refractivity (Wildman–Crippen MR) is 465 cm³/mol. The SMILES string of the molecule is C=CC(=O)OCC(COCC(COC(=O)C=C)(COC(=O)C=C)COC(=O)NC1CCC(C)(C)CC1(C)NC(=O)OC(C)CC(C)(C)OC(C)COC(C)COC(=O)C(C)(C)OC(C)COC(=O)NC1CC(C)(C)CC(C)(NC(=O)OCC(COCC(COC(=O)C=C)(COC(=O)C=C)COC(=O)C=C)(COC(=O)C=C)COC(=O)C=C)C1)(COC(=O)C=C)COC(=O)C=C. The quantitative estimate of drug-likeness (QED) is 0.0251. The van der Waals surface area contributed by atoms with E-state index in [2.05, 4.69) is 87.1 Å². The van der Waals surface area contributed by atoms with E-state index in [1.165, 1.54) is 13.8 Å². The fourth-order valence-electron chi connectivity index (χ4n) is 14.3. The van der Waals surface area contributed by atoms with Crippen LogP contribution < -0.4 is 21.3 Å². The van der Waals surface area contributed by atoms with Crippen molar-refractivity contribution in [1.29, 1.82) is 0 Å². The molecule has 0 saturated heterocycles. The number of carbonyl (C=O) groups excluding carboxylic acids is 15. The Labute approximate surface area is 760 Å². The van der Waals surface area contributed by atoms with Crippen LogP contribution in [0.1, 0.15) is 142 Å². The van der Waals surface area contributed by atoms with Gasteiger partial charge in [-0.25, -0.2) is 71.9 Å². The summed E-state index contributed by atoms with van der Waals surface area (Å²) in [4.78, 5) is 193. The van der Waals surface area contributed by atoms with Crippen molar-refractivity contribution in [2.75, 3.05) is 126 Å². The number of esters is 11. The van der Waals surface area contributed by atoms with Gasteiger partial charge < -0.3 is 116 Å². The maximum absolute atomic E-state index is 14.1. The van der Waals surface area contributed by atoms with Gasteiger partial charge in [0.25, 0.3) is 0 Å². The summed E-state index contributed by atoms with van der Waals surface area (Å²) in [6.07, 6.45) is 4.59. The van der Waals surface area contributed by atoms with E-state index in [1.54, 1.807) is 55.4 Å². The van der Waals surface area contributed by atoms with Gasteiger partial charge in [0, 0.05) is 78.8 Å². The fraction of sp³-hybridized carbons (Fsp3) is 0.615. The van der Waals surface area contributed by atoms with Gasteiger partial charge in [-0.3, -0.25) is 0 Å². The highest BCUT2D eigenvalue weighted by Crippen LogP contribution is 2.43. The molecule has 2 saturated carbocycles. The Morgan fingerprint density at radius 1 is 0.346 bits per heavy atom. The molecule has 0 aliphatic heterocycles. The minimum absolute atomic E-state index is 0.0457. The van der Waals surface area contributed by atoms with Gasteiger partial charge >= 0.3 is 90.0 Å². The summed E-state index contributed by atoms with van der Waals surface area (Å²) in [5.74, 6) is -9.87. The van der Waals surface area contributed by atoms with E-state index < -0.39 is 282 Å². The zero-order valence-corrected chi connectivity index (χ0v) is 77.5. The van der Waals surface area contributed by atoms with E-state index in [4.69, 9.17) is 94.7 Å². The fourth-order valence-corrected chi connectivity index (χ4v) is 14.3. The Morgan fingerprint density at radius 3 is 1.02 bits per heavy atom. The second-order valence-corrected chi connectivity index (χ2v) is 35.5. The second-order valence-electron chi connectivity index (χ2n) is 35.5. The second kappa shape index (κ2) is 54.2. The van der Waals surface area contributed by atoms with Crippen molar-refractivity contribution in [2.24, 2.45) is 32.5 Å². The largest absolute Gasteiger partial charge is 0.462 e. The minimum atomic E-state index is -1.74. The lowest BCUT2D eigenvalue weighted by Crippen LogP contribution is -2.64. The zero-order chi connectivity index (χ0) is 98.6. The van der Waals surface area contributed by atoms with E-state index in [0.717, 1.165) is 60.8 Å². The van der Waals surface area contributed by atoms with Crippen molar-refractivity contribution >= 4 is 90.0 Å². The van der Waals surface area contributed by atoms with Crippen LogP contribution in [0.4, 0.5) is 19.2 Å². The first-order valence-electron chi connectivity index (χ1n) is 41.7. The van der Waals surface area contributed by atoms with E-state index >= 15 is 0 Å². The minimum Gasteiger partial charge on any atom is -0.462 e. The smallest absolute Gasteiger partial charge is 0.407 e. The normalized spacial score (nSPS) is 18.0. The Balaban J connectivity index is 2.14. The molecular weight excluding hydrogens is 1710 g/mol. The molecule has 39 nitrogen and oxygen atoms in total. The van der Waals surface area contributed by atoms with Crippen molar-refractivity contribution in [2.45, 2.75) is 201 Å². The van der Waals surface area contributed by atoms with Crippen LogP contribution in [0.3, 0.4) is 0 Å². The van der Waals surface area contributed by atoms with Gasteiger partial charge in [0.1, 0.15) is 98.6 Å². The van der Waals surface area contributed by atoms with Gasteiger partial charge in [-0.05, 0) is 119 Å². The molecule has 2 fully saturated rings. The summed E-state index contributed by atoms with van der Waals surface area (Å²) in [6, 6.07) is -1.38. The summed E-state index contributed by atoms with van der Waals surface area (Å²) < 4.78 is 113. The standard InChI is InChI=1S/C91H134N4O35/c1-25-67(96)116-49-88(50-117-68(97)26-2,51-118-69(98)27-3)45-111-47-90(55-122-73(102)31-7,56-123-74(103)32-8)59-126-79(108)93-66-35-36-82(15,16)44-87(66,24)95-81(110)128-61(11)37-84(19,20)129-63(13)41-113-62(12)40-114-77(106)85(21,22)130-64(14)42-115-78(107)92-65-38-83(17,18)43-86(23,39-65)94-80(109)127-60-91(57-124-75(104)33-9,58-125-76(105)34-10)48-112-46-89(52-119-70(99)28-4,53-120-71(100)29-5)54-121-72(101)30-6/h25-34,61-66H,1-10,35-60H2,11-24H3,(H,92,107)(H,93,108)(H,94,109)(H,95,110). The van der Waals surface area contributed by atoms with Gasteiger partial charge in [-0.2, -0.15) is 0 Å². The van der Waals surface area contributed by atoms with Gasteiger partial charge in [0.15, 0.2) is 5.60 Å². The summed E-state index contributed by atoms with van der Waals surface area (Å²) >= 11 is 0. The van der Waals surface area contributed by atoms with E-state index in [-0.39, 0.29) is 38.1 Å². The first-order chi connectivity index (χ1) is 60.7. The lowest BCUT2D eigenvalue weighted by molar-refractivity contribution is -0.180. The molecule has 728 valence electrons. The third-order valence-corrected chi connectivity index (χ3v) is 20.1. The zero-order valence-electron chi connectivity index (χ0n) is 77.5. The van der Waals surface area contributed by atoms with Gasteiger partial charge in [0.05, 0.1) is 90.2 Å². The van der Waals surface area contributed by atoms with Gasteiger partial charge in [-0.1, -0.05) is 93.5 Å². The summed E-state index contributed by atoms with van der Waals surface area (Å²) in [6.45, 7) is 48.5. The lowest BCUT2D eigenvalue weighted by atomic mass is 9.66. The highest BCUT2D eigenvalue weighted by molar-refractivity contribution is 5.85. The summed E-state index contributed by atoms with van der Waals surface area (Å²) in [5.41, 5.74) is -12.3. The lowest BCUT2D eigenvalue weighted by Gasteiger charge is -2.48. The highest BCUT2D eigenvalue weighted by atomic mass is 16.6. The molecule has 4 amide bonds. The highest BCUT2D eigenvalue weighted by Gasteiger charge is 2.50. The molecule has 2 rings (SSSR count). The van der Waals surface area contributed by atoms with Crippen LogP contribution in [-0.2, 0) is 147 Å². The van der Waals surface area contributed by atoms with Crippen molar-refractivity contribution < 1.29 is 167 Å². The molecule has 0 aromatic rings. The molecular formula is C91H134N4O35. The maximum Gasteiger partial charge on any atom is 0.407 e. The molecule has 0 heterocycles. The van der Waals surface area contributed by atoms with Crippen LogP contribution in [-0.4, -0.2) is 274 Å². The number of ether oxygens (including phenoxy) is 20. The van der Waals surface area contributed by atoms with E-state index in [9.17, 15) is 71.9 Å². The van der Waals surface area contributed by atoms with Crippen LogP contribution in [0.5, 0.6) is 0 Å². The molecule has 4 N–H and O–H groups in total. The Hall–Kier alpha value is -11.6. The third-order valence-electron chi connectivity index (χ3n) is 20.1. The molecule has 0 spiro atoms. The van der Waals surface area contributed by atoms with Crippen molar-refractivity contribution in [1.82, 2.24) is 21.3 Å². The molecule has 0 aromatic heterocycles. The number of carbonyl (C=O) groups is 15. The first kappa shape index (κ1) is 115. The molecule has 0 aromatic carbocycles. The van der Waals surface area contributed by atoms with Gasteiger partial charge in [0.2, 0.25) is 0 Å². The number of nitrogens with one attached hydrogen (secondary N) is 4. The third kappa shape index (κ3) is 43.7. The average Bonchev–Trinajstić information content (AvgIpc) is 0.786. The average molecular weight is 1840 g/mol. The molecule has 2 aliphatic carbocycles. The number of rotatable bonds is 61. The Morgan fingerprint density at radius 2 is 0.669 bits per heavy atom. The number of hydrogen-bond acceptors (Lipinski definition) is 35.